The summed E-state index contributed by atoms with van der Waals surface area (Å²) in [6.45, 7) is 7.96. The lowest BCUT2D eigenvalue weighted by Crippen LogP contribution is -2.43. The van der Waals surface area contributed by atoms with E-state index in [0.29, 0.717) is 19.1 Å². The van der Waals surface area contributed by atoms with E-state index in [1.807, 2.05) is 0 Å². The van der Waals surface area contributed by atoms with Crippen molar-refractivity contribution < 1.29 is 9.53 Å². The number of hydrogen-bond acceptors (Lipinski definition) is 4. The fourth-order valence-electron chi connectivity index (χ4n) is 3.02. The average Bonchev–Trinajstić information content (AvgIpc) is 2.50. The van der Waals surface area contributed by atoms with E-state index in [-0.39, 0.29) is 11.3 Å². The van der Waals surface area contributed by atoms with E-state index < -0.39 is 0 Å². The summed E-state index contributed by atoms with van der Waals surface area (Å²) in [5, 5.41) is 6.41. The Labute approximate surface area is 128 Å². The molecule has 5 heteroatoms. The maximum Gasteiger partial charge on any atom is 0.222 e. The molecule has 2 fully saturated rings. The number of carbonyl (C=O) groups is 1. The number of hydrogen-bond donors (Lipinski definition) is 2. The van der Waals surface area contributed by atoms with Crippen LogP contribution in [0.15, 0.2) is 0 Å². The largest absolute Gasteiger partial charge is 0.378 e. The molecule has 0 aliphatic carbocycles. The van der Waals surface area contributed by atoms with Crippen LogP contribution in [0.5, 0.6) is 0 Å². The number of nitrogens with zero attached hydrogens (tertiary/aromatic N) is 1. The van der Waals surface area contributed by atoms with Crippen LogP contribution in [-0.2, 0) is 9.53 Å². The lowest BCUT2D eigenvalue weighted by molar-refractivity contribution is -0.123. The molecular formula is C16H31N3O2. The summed E-state index contributed by atoms with van der Waals surface area (Å²) >= 11 is 0. The summed E-state index contributed by atoms with van der Waals surface area (Å²) < 4.78 is 5.78. The maximum atomic E-state index is 11.9. The molecule has 21 heavy (non-hydrogen) atoms. The second-order valence-electron chi connectivity index (χ2n) is 6.96. The molecule has 0 radical (unpaired) electrons. The molecule has 0 aromatic heterocycles. The Balaban J connectivity index is 1.56. The molecule has 2 heterocycles. The highest BCUT2D eigenvalue weighted by Gasteiger charge is 2.29. The van der Waals surface area contributed by atoms with Crippen LogP contribution >= 0.6 is 0 Å². The van der Waals surface area contributed by atoms with Crippen molar-refractivity contribution in [3.05, 3.63) is 0 Å². The van der Waals surface area contributed by atoms with Gasteiger partial charge in [0.1, 0.15) is 0 Å². The normalized spacial score (nSPS) is 23.9. The second kappa shape index (κ2) is 8.11. The van der Waals surface area contributed by atoms with E-state index >= 15 is 0 Å². The third kappa shape index (κ3) is 5.93. The molecule has 0 aromatic carbocycles. The maximum absolute atomic E-state index is 11.9. The van der Waals surface area contributed by atoms with Gasteiger partial charge in [-0.1, -0.05) is 6.92 Å². The monoisotopic (exact) mass is 297 g/mol. The van der Waals surface area contributed by atoms with E-state index in [1.54, 1.807) is 0 Å². The van der Waals surface area contributed by atoms with E-state index in [4.69, 9.17) is 4.74 Å². The first-order chi connectivity index (χ1) is 10.1. The first-order valence-electron chi connectivity index (χ1n) is 8.35. The van der Waals surface area contributed by atoms with Crippen LogP contribution in [-0.4, -0.2) is 63.3 Å². The standard InChI is InChI=1S/C16H31N3O2/c1-16(6-10-19(2)11-7-16)13-18-15(20)5-12-21-14-3-8-17-9-4-14/h14,17H,3-13H2,1-2H3,(H,18,20). The van der Waals surface area contributed by atoms with Gasteiger partial charge in [0.2, 0.25) is 5.91 Å². The van der Waals surface area contributed by atoms with Crippen LogP contribution < -0.4 is 10.6 Å². The lowest BCUT2D eigenvalue weighted by Gasteiger charge is -2.38. The van der Waals surface area contributed by atoms with Crippen molar-refractivity contribution in [1.82, 2.24) is 15.5 Å². The molecule has 0 aromatic rings. The SMILES string of the molecule is CN1CCC(C)(CNC(=O)CCOC2CCNCC2)CC1. The number of amides is 1. The van der Waals surface area contributed by atoms with Crippen molar-refractivity contribution in [3.8, 4) is 0 Å². The van der Waals surface area contributed by atoms with Gasteiger partial charge in [-0.2, -0.15) is 0 Å². The van der Waals surface area contributed by atoms with Gasteiger partial charge in [-0.25, -0.2) is 0 Å². The highest BCUT2D eigenvalue weighted by Crippen LogP contribution is 2.29. The minimum Gasteiger partial charge on any atom is -0.378 e. The molecule has 0 unspecified atom stereocenters. The molecule has 2 rings (SSSR count). The van der Waals surface area contributed by atoms with E-state index in [0.717, 1.165) is 58.4 Å². The van der Waals surface area contributed by atoms with Gasteiger partial charge in [-0.05, 0) is 64.3 Å². The van der Waals surface area contributed by atoms with Gasteiger partial charge in [0.15, 0.2) is 0 Å². The van der Waals surface area contributed by atoms with Crippen molar-refractivity contribution in [2.75, 3.05) is 46.4 Å². The van der Waals surface area contributed by atoms with Crippen molar-refractivity contribution >= 4 is 5.91 Å². The molecule has 1 amide bonds. The van der Waals surface area contributed by atoms with Gasteiger partial charge in [0.25, 0.3) is 0 Å². The summed E-state index contributed by atoms with van der Waals surface area (Å²) in [5.74, 6) is 0.129. The number of ether oxygens (including phenoxy) is 1. The predicted molar refractivity (Wildman–Crippen MR) is 84.3 cm³/mol. The zero-order chi connectivity index (χ0) is 15.1. The third-order valence-corrected chi connectivity index (χ3v) is 4.88. The summed E-state index contributed by atoms with van der Waals surface area (Å²) in [7, 11) is 2.16. The number of rotatable bonds is 6. The van der Waals surface area contributed by atoms with Crippen LogP contribution in [0, 0.1) is 5.41 Å². The van der Waals surface area contributed by atoms with Crippen LogP contribution in [0.2, 0.25) is 0 Å². The molecule has 2 aliphatic heterocycles. The van der Waals surface area contributed by atoms with E-state index in [1.165, 1.54) is 0 Å². The zero-order valence-corrected chi connectivity index (χ0v) is 13.6. The fraction of sp³-hybridized carbons (Fsp3) is 0.938. The Kier molecular flexibility index (Phi) is 6.45. The Hall–Kier alpha value is -0.650. The molecule has 2 saturated heterocycles. The zero-order valence-electron chi connectivity index (χ0n) is 13.6. The van der Waals surface area contributed by atoms with Gasteiger partial charge in [0.05, 0.1) is 12.7 Å². The molecule has 5 nitrogen and oxygen atoms in total. The smallest absolute Gasteiger partial charge is 0.222 e. The van der Waals surface area contributed by atoms with Crippen LogP contribution in [0.25, 0.3) is 0 Å². The number of piperidine rings is 2. The van der Waals surface area contributed by atoms with Crippen molar-refractivity contribution in [2.24, 2.45) is 5.41 Å². The highest BCUT2D eigenvalue weighted by atomic mass is 16.5. The minimum atomic E-state index is 0.129. The Morgan fingerprint density at radius 2 is 2.00 bits per heavy atom. The molecule has 0 atom stereocenters. The summed E-state index contributed by atoms with van der Waals surface area (Å²) in [4.78, 5) is 14.3. The quantitative estimate of drug-likeness (QED) is 0.768. The summed E-state index contributed by atoms with van der Waals surface area (Å²) in [5.41, 5.74) is 0.262. The summed E-state index contributed by atoms with van der Waals surface area (Å²) in [6, 6.07) is 0. The van der Waals surface area contributed by atoms with Crippen LogP contribution in [0.1, 0.15) is 39.0 Å². The molecular weight excluding hydrogens is 266 g/mol. The van der Waals surface area contributed by atoms with Crippen molar-refractivity contribution in [3.63, 3.8) is 0 Å². The average molecular weight is 297 g/mol. The molecule has 2 aliphatic rings. The van der Waals surface area contributed by atoms with E-state index in [2.05, 4.69) is 29.5 Å². The van der Waals surface area contributed by atoms with Crippen molar-refractivity contribution in [2.45, 2.75) is 45.1 Å². The Morgan fingerprint density at radius 1 is 1.33 bits per heavy atom. The second-order valence-corrected chi connectivity index (χ2v) is 6.96. The molecule has 2 N–H and O–H groups in total. The lowest BCUT2D eigenvalue weighted by atomic mass is 9.80. The number of likely N-dealkylation sites (tertiary alicyclic amines) is 1. The molecule has 0 bridgehead atoms. The van der Waals surface area contributed by atoms with Crippen LogP contribution in [0.3, 0.4) is 0 Å². The Morgan fingerprint density at radius 3 is 2.67 bits per heavy atom. The highest BCUT2D eigenvalue weighted by molar-refractivity contribution is 5.75. The fourth-order valence-corrected chi connectivity index (χ4v) is 3.02. The van der Waals surface area contributed by atoms with Gasteiger partial charge in [-0.3, -0.25) is 4.79 Å². The first kappa shape index (κ1) is 16.7. The van der Waals surface area contributed by atoms with Gasteiger partial charge >= 0.3 is 0 Å². The first-order valence-corrected chi connectivity index (χ1v) is 8.35. The Bertz CT molecular complexity index is 321. The number of nitrogens with one attached hydrogen (secondary N) is 2. The van der Waals surface area contributed by atoms with Gasteiger partial charge in [0, 0.05) is 13.0 Å². The predicted octanol–water partition coefficient (Wildman–Crippen LogP) is 0.993. The van der Waals surface area contributed by atoms with Gasteiger partial charge < -0.3 is 20.3 Å². The number of carbonyl (C=O) groups excluding carboxylic acids is 1. The van der Waals surface area contributed by atoms with Gasteiger partial charge in [-0.15, -0.1) is 0 Å². The summed E-state index contributed by atoms with van der Waals surface area (Å²) in [6.07, 6.45) is 5.27. The molecule has 0 spiro atoms. The third-order valence-electron chi connectivity index (χ3n) is 4.88. The molecule has 122 valence electrons. The minimum absolute atomic E-state index is 0.129. The van der Waals surface area contributed by atoms with Crippen molar-refractivity contribution in [1.29, 1.82) is 0 Å². The molecule has 0 saturated carbocycles. The van der Waals surface area contributed by atoms with E-state index in [9.17, 15) is 4.79 Å². The topological polar surface area (TPSA) is 53.6 Å². The van der Waals surface area contributed by atoms with Crippen LogP contribution in [0.4, 0.5) is 0 Å².